The third-order valence-electron chi connectivity index (χ3n) is 5.13. The second-order valence-corrected chi connectivity index (χ2v) is 7.32. The molecular weight excluding hydrogens is 399 g/mol. The highest BCUT2D eigenvalue weighted by atomic mass is 19.4. The van der Waals surface area contributed by atoms with Gasteiger partial charge in [-0.25, -0.2) is 4.79 Å². The van der Waals surface area contributed by atoms with E-state index in [2.05, 4.69) is 0 Å². The van der Waals surface area contributed by atoms with Crippen molar-refractivity contribution in [2.75, 3.05) is 4.90 Å². The number of fused-ring (bicyclic) bond motifs is 1. The zero-order valence-corrected chi connectivity index (χ0v) is 15.8. The average molecular weight is 415 g/mol. The number of amides is 2. The number of aryl methyl sites for hydroxylation is 1. The van der Waals surface area contributed by atoms with Crippen LogP contribution in [0.25, 0.3) is 11.0 Å². The van der Waals surface area contributed by atoms with E-state index in [1.807, 2.05) is 31.2 Å². The third-order valence-corrected chi connectivity index (χ3v) is 5.13. The highest BCUT2D eigenvalue weighted by Crippen LogP contribution is 2.36. The number of imide groups is 1. The zero-order chi connectivity index (χ0) is 21.6. The van der Waals surface area contributed by atoms with Gasteiger partial charge in [0.2, 0.25) is 11.8 Å². The number of hydrogen-bond donors (Lipinski definition) is 0. The van der Waals surface area contributed by atoms with E-state index in [1.165, 1.54) is 6.07 Å². The van der Waals surface area contributed by atoms with E-state index >= 15 is 0 Å². The molecule has 0 bridgehead atoms. The molecule has 5 nitrogen and oxygen atoms in total. The van der Waals surface area contributed by atoms with E-state index < -0.39 is 35.1 Å². The Kier molecular flexibility index (Phi) is 4.72. The van der Waals surface area contributed by atoms with Crippen molar-refractivity contribution in [2.24, 2.45) is 5.92 Å². The van der Waals surface area contributed by atoms with Crippen molar-refractivity contribution in [3.63, 3.8) is 0 Å². The quantitative estimate of drug-likeness (QED) is 0.474. The summed E-state index contributed by atoms with van der Waals surface area (Å²) in [5, 5.41) is -0.318. The standard InChI is InChI=1S/C22H16F3NO4/c1-12-2-4-13(5-3-12)8-14-9-19(27)26(21(14)29)15-6-7-16-17(22(23,24)25)11-20(28)30-18(16)10-15/h2-7,10-11,14H,8-9H2,1H3/t14-/m1/s1. The van der Waals surface area contributed by atoms with Crippen LogP contribution in [-0.4, -0.2) is 11.8 Å². The van der Waals surface area contributed by atoms with Gasteiger partial charge >= 0.3 is 11.8 Å². The molecule has 3 aromatic rings. The van der Waals surface area contributed by atoms with Crippen molar-refractivity contribution in [1.82, 2.24) is 0 Å². The molecule has 0 saturated carbocycles. The molecule has 4 rings (SSSR count). The van der Waals surface area contributed by atoms with Crippen LogP contribution in [0.2, 0.25) is 0 Å². The van der Waals surface area contributed by atoms with Crippen molar-refractivity contribution < 1.29 is 27.2 Å². The summed E-state index contributed by atoms with van der Waals surface area (Å²) in [6.07, 6.45) is -4.37. The molecule has 2 heterocycles. The Balaban J connectivity index is 1.68. The van der Waals surface area contributed by atoms with E-state index in [1.54, 1.807) is 0 Å². The summed E-state index contributed by atoms with van der Waals surface area (Å²) in [5.74, 6) is -1.45. The number of anilines is 1. The zero-order valence-electron chi connectivity index (χ0n) is 15.8. The van der Waals surface area contributed by atoms with Gasteiger partial charge in [-0.05, 0) is 31.0 Å². The molecule has 0 N–H and O–H groups in total. The number of benzene rings is 2. The minimum absolute atomic E-state index is 0.00269. The maximum absolute atomic E-state index is 13.2. The first-order chi connectivity index (χ1) is 14.1. The lowest BCUT2D eigenvalue weighted by molar-refractivity contribution is -0.136. The van der Waals surface area contributed by atoms with E-state index in [9.17, 15) is 27.6 Å². The van der Waals surface area contributed by atoms with E-state index in [-0.39, 0.29) is 23.1 Å². The van der Waals surface area contributed by atoms with Gasteiger partial charge in [-0.2, -0.15) is 13.2 Å². The van der Waals surface area contributed by atoms with Gasteiger partial charge in [0, 0.05) is 23.9 Å². The summed E-state index contributed by atoms with van der Waals surface area (Å²) < 4.78 is 44.5. The number of halogens is 3. The number of rotatable bonds is 3. The highest BCUT2D eigenvalue weighted by molar-refractivity contribution is 6.21. The molecule has 1 atom stereocenters. The van der Waals surface area contributed by atoms with Gasteiger partial charge in [-0.1, -0.05) is 29.8 Å². The maximum atomic E-state index is 13.2. The van der Waals surface area contributed by atoms with Crippen molar-refractivity contribution in [3.8, 4) is 0 Å². The molecule has 0 spiro atoms. The van der Waals surface area contributed by atoms with Crippen LogP contribution in [0.4, 0.5) is 18.9 Å². The smallest absolute Gasteiger partial charge is 0.417 e. The molecule has 8 heteroatoms. The fraction of sp³-hybridized carbons (Fsp3) is 0.227. The molecule has 2 amide bonds. The maximum Gasteiger partial charge on any atom is 0.417 e. The van der Waals surface area contributed by atoms with Gasteiger partial charge in [0.05, 0.1) is 17.2 Å². The predicted molar refractivity (Wildman–Crippen MR) is 103 cm³/mol. The fourth-order valence-electron chi connectivity index (χ4n) is 3.66. The van der Waals surface area contributed by atoms with Crippen LogP contribution < -0.4 is 10.5 Å². The van der Waals surface area contributed by atoms with Crippen LogP contribution >= 0.6 is 0 Å². The Morgan fingerprint density at radius 3 is 2.40 bits per heavy atom. The largest absolute Gasteiger partial charge is 0.423 e. The lowest BCUT2D eigenvalue weighted by atomic mass is 9.97. The van der Waals surface area contributed by atoms with Gasteiger partial charge < -0.3 is 4.42 Å². The summed E-state index contributed by atoms with van der Waals surface area (Å²) in [5.41, 5.74) is -0.570. The molecule has 30 heavy (non-hydrogen) atoms. The summed E-state index contributed by atoms with van der Waals surface area (Å²) >= 11 is 0. The van der Waals surface area contributed by atoms with Crippen LogP contribution in [0, 0.1) is 12.8 Å². The molecule has 1 saturated heterocycles. The Bertz CT molecular complexity index is 1210. The first kappa shape index (κ1) is 19.9. The molecule has 1 aliphatic heterocycles. The van der Waals surface area contributed by atoms with Gasteiger partial charge in [0.25, 0.3) is 0 Å². The Labute approximate surface area is 168 Å². The average Bonchev–Trinajstić information content (AvgIpc) is 2.95. The number of hydrogen-bond acceptors (Lipinski definition) is 4. The minimum atomic E-state index is -4.74. The van der Waals surface area contributed by atoms with Crippen molar-refractivity contribution in [2.45, 2.75) is 25.9 Å². The lowest BCUT2D eigenvalue weighted by Crippen LogP contribution is -2.30. The summed E-state index contributed by atoms with van der Waals surface area (Å²) in [6.45, 7) is 1.94. The predicted octanol–water partition coefficient (Wildman–Crippen LogP) is 4.24. The Morgan fingerprint density at radius 1 is 1.03 bits per heavy atom. The number of alkyl halides is 3. The molecule has 2 aromatic carbocycles. The fourth-order valence-corrected chi connectivity index (χ4v) is 3.66. The molecule has 0 radical (unpaired) electrons. The Morgan fingerprint density at radius 2 is 1.73 bits per heavy atom. The van der Waals surface area contributed by atoms with Gasteiger partial charge in [0.1, 0.15) is 5.58 Å². The van der Waals surface area contributed by atoms with Crippen molar-refractivity contribution in [1.29, 1.82) is 0 Å². The highest BCUT2D eigenvalue weighted by Gasteiger charge is 2.40. The van der Waals surface area contributed by atoms with Crippen LogP contribution in [0.5, 0.6) is 0 Å². The van der Waals surface area contributed by atoms with E-state index in [4.69, 9.17) is 4.42 Å². The normalized spacial score (nSPS) is 17.2. The molecule has 0 aliphatic carbocycles. The summed E-state index contributed by atoms with van der Waals surface area (Å²) in [7, 11) is 0. The van der Waals surface area contributed by atoms with Crippen LogP contribution in [-0.2, 0) is 22.2 Å². The lowest BCUT2D eigenvalue weighted by Gasteiger charge is -2.16. The van der Waals surface area contributed by atoms with E-state index in [0.717, 1.165) is 28.2 Å². The van der Waals surface area contributed by atoms with Crippen LogP contribution in [0.1, 0.15) is 23.1 Å². The molecule has 1 aromatic heterocycles. The second-order valence-electron chi connectivity index (χ2n) is 7.32. The topological polar surface area (TPSA) is 67.6 Å². The van der Waals surface area contributed by atoms with Gasteiger partial charge in [-0.15, -0.1) is 0 Å². The molecule has 1 fully saturated rings. The van der Waals surface area contributed by atoms with Crippen LogP contribution in [0.15, 0.2) is 57.7 Å². The third kappa shape index (κ3) is 3.60. The monoisotopic (exact) mass is 415 g/mol. The SMILES string of the molecule is Cc1ccc(C[C@@H]2CC(=O)N(c3ccc4c(C(F)(F)F)cc(=O)oc4c3)C2=O)cc1. The minimum Gasteiger partial charge on any atom is -0.423 e. The van der Waals surface area contributed by atoms with Crippen molar-refractivity contribution in [3.05, 3.63) is 75.6 Å². The first-order valence-electron chi connectivity index (χ1n) is 9.21. The molecule has 0 unspecified atom stereocenters. The van der Waals surface area contributed by atoms with E-state index in [0.29, 0.717) is 12.5 Å². The van der Waals surface area contributed by atoms with Crippen molar-refractivity contribution >= 4 is 28.5 Å². The number of carbonyl (C=O) groups is 2. The summed E-state index contributed by atoms with van der Waals surface area (Å²) in [4.78, 5) is 37.9. The molecular formula is C22H16F3NO4. The number of carbonyl (C=O) groups excluding carboxylic acids is 2. The van der Waals surface area contributed by atoms with Gasteiger partial charge in [-0.3, -0.25) is 14.5 Å². The molecule has 1 aliphatic rings. The summed E-state index contributed by atoms with van der Waals surface area (Å²) in [6, 6.07) is 11.5. The molecule has 154 valence electrons. The van der Waals surface area contributed by atoms with Gasteiger partial charge in [0.15, 0.2) is 0 Å². The first-order valence-corrected chi connectivity index (χ1v) is 9.21. The van der Waals surface area contributed by atoms with Crippen LogP contribution in [0.3, 0.4) is 0 Å². The number of nitrogens with zero attached hydrogens (tertiary/aromatic N) is 1. The second kappa shape index (κ2) is 7.12. The Hall–Kier alpha value is -3.42.